The van der Waals surface area contributed by atoms with Crippen molar-refractivity contribution in [2.75, 3.05) is 32.5 Å². The number of piperidine rings is 1. The second kappa shape index (κ2) is 12.1. The number of aliphatic carboxylic acids is 1. The number of carboxylic acid groups (broad SMARTS) is 1. The number of likely N-dealkylation sites (tertiary alicyclic amines) is 1. The molecule has 35 heavy (non-hydrogen) atoms. The maximum absolute atomic E-state index is 11.8. The minimum atomic E-state index is -0.705. The van der Waals surface area contributed by atoms with E-state index in [0.717, 1.165) is 79.7 Å². The number of aromatic nitrogens is 2. The second-order valence-corrected chi connectivity index (χ2v) is 10.8. The number of fused-ring (bicyclic) bond motifs is 1. The predicted molar refractivity (Wildman–Crippen MR) is 142 cm³/mol. The molecule has 0 amide bonds. The first-order chi connectivity index (χ1) is 17.0. The van der Waals surface area contributed by atoms with Crippen molar-refractivity contribution < 1.29 is 14.6 Å². The van der Waals surface area contributed by atoms with Crippen molar-refractivity contribution in [1.29, 1.82) is 0 Å². The lowest BCUT2D eigenvalue weighted by Gasteiger charge is -2.41. The van der Waals surface area contributed by atoms with E-state index < -0.39 is 5.97 Å². The molecule has 0 bridgehead atoms. The third-order valence-corrected chi connectivity index (χ3v) is 8.35. The molecule has 1 fully saturated rings. The minimum Gasteiger partial charge on any atom is -0.497 e. The number of thioether (sulfide) groups is 1. The van der Waals surface area contributed by atoms with Crippen molar-refractivity contribution in [3.05, 3.63) is 59.5 Å². The van der Waals surface area contributed by atoms with E-state index in [1.54, 1.807) is 13.3 Å². The Morgan fingerprint density at radius 2 is 2.00 bits per heavy atom. The molecule has 186 valence electrons. The first-order valence-electron chi connectivity index (χ1n) is 12.1. The Kier molecular flexibility index (Phi) is 8.87. The molecule has 1 aromatic carbocycles. The van der Waals surface area contributed by atoms with Gasteiger partial charge in [0.05, 0.1) is 24.1 Å². The van der Waals surface area contributed by atoms with E-state index in [0.29, 0.717) is 5.02 Å². The van der Waals surface area contributed by atoms with Gasteiger partial charge >= 0.3 is 5.97 Å². The van der Waals surface area contributed by atoms with Crippen molar-refractivity contribution in [3.63, 3.8) is 0 Å². The molecule has 0 aliphatic carbocycles. The summed E-state index contributed by atoms with van der Waals surface area (Å²) < 4.78 is 5.39. The zero-order valence-electron chi connectivity index (χ0n) is 20.1. The van der Waals surface area contributed by atoms with Crippen LogP contribution in [0.3, 0.4) is 0 Å². The van der Waals surface area contributed by atoms with Gasteiger partial charge in [-0.15, -0.1) is 11.8 Å². The fourth-order valence-corrected chi connectivity index (χ4v) is 6.18. The second-order valence-electron chi connectivity index (χ2n) is 9.26. The molecule has 0 saturated carbocycles. The highest BCUT2D eigenvalue weighted by atomic mass is 35.5. The minimum absolute atomic E-state index is 0.159. The summed E-state index contributed by atoms with van der Waals surface area (Å²) in [6.45, 7) is 2.90. The van der Waals surface area contributed by atoms with Gasteiger partial charge in [-0.3, -0.25) is 14.8 Å². The number of halogens is 1. The lowest BCUT2D eigenvalue weighted by atomic mass is 9.72. The van der Waals surface area contributed by atoms with Gasteiger partial charge in [-0.25, -0.2) is 0 Å². The van der Waals surface area contributed by atoms with Crippen molar-refractivity contribution >= 4 is 40.2 Å². The Hall–Kier alpha value is -2.35. The highest BCUT2D eigenvalue weighted by molar-refractivity contribution is 7.99. The highest BCUT2D eigenvalue weighted by Gasteiger charge is 2.36. The Balaban J connectivity index is 1.35. The number of hydrogen-bond donors (Lipinski definition) is 1. The summed E-state index contributed by atoms with van der Waals surface area (Å²) in [4.78, 5) is 24.0. The van der Waals surface area contributed by atoms with Crippen LogP contribution in [0.25, 0.3) is 10.9 Å². The van der Waals surface area contributed by atoms with Crippen LogP contribution in [0.5, 0.6) is 5.75 Å². The largest absolute Gasteiger partial charge is 0.497 e. The summed E-state index contributed by atoms with van der Waals surface area (Å²) in [7, 11) is 1.65. The Labute approximate surface area is 216 Å². The number of carbonyl (C=O) groups is 1. The molecule has 0 unspecified atom stereocenters. The van der Waals surface area contributed by atoms with Gasteiger partial charge in [0.25, 0.3) is 0 Å². The Morgan fingerprint density at radius 1 is 1.23 bits per heavy atom. The highest BCUT2D eigenvalue weighted by Crippen LogP contribution is 2.41. The van der Waals surface area contributed by atoms with Gasteiger partial charge < -0.3 is 14.7 Å². The number of benzene rings is 1. The van der Waals surface area contributed by atoms with E-state index in [4.69, 9.17) is 16.3 Å². The van der Waals surface area contributed by atoms with Gasteiger partial charge in [0, 0.05) is 41.2 Å². The maximum Gasteiger partial charge on any atom is 0.303 e. The Morgan fingerprint density at radius 3 is 2.71 bits per heavy atom. The fraction of sp³-hybridized carbons (Fsp3) is 0.444. The maximum atomic E-state index is 11.8. The number of methoxy groups -OCH3 is 1. The third kappa shape index (κ3) is 6.87. The number of hydrogen-bond acceptors (Lipinski definition) is 6. The third-order valence-electron chi connectivity index (χ3n) is 7.04. The van der Waals surface area contributed by atoms with Gasteiger partial charge in [-0.2, -0.15) is 0 Å². The summed E-state index contributed by atoms with van der Waals surface area (Å²) in [5, 5.41) is 11.3. The summed E-state index contributed by atoms with van der Waals surface area (Å²) in [6.07, 6.45) is 9.97. The summed E-state index contributed by atoms with van der Waals surface area (Å²) in [5.41, 5.74) is 1.79. The standard InChI is InChI=1S/C27H32ClN3O3S/c1-34-20-4-5-25-23(17-20)22(24(28)19-30-25)3-2-8-27(18-26(32)33)9-13-31(14-10-27)15-16-35-21-6-11-29-12-7-21/h4-7,11-12,17,19H,2-3,8-10,13-16,18H2,1H3,(H,32,33). The van der Waals surface area contributed by atoms with Gasteiger partial charge in [-0.1, -0.05) is 11.6 Å². The van der Waals surface area contributed by atoms with Gasteiger partial charge in [0.1, 0.15) is 5.75 Å². The van der Waals surface area contributed by atoms with E-state index in [1.165, 1.54) is 4.90 Å². The smallest absolute Gasteiger partial charge is 0.303 e. The van der Waals surface area contributed by atoms with Crippen LogP contribution < -0.4 is 4.74 Å². The lowest BCUT2D eigenvalue weighted by molar-refractivity contribution is -0.140. The SMILES string of the molecule is COc1ccc2ncc(Cl)c(CCCC3(CC(=O)O)CCN(CCSc4ccncc4)CC3)c2c1. The summed E-state index contributed by atoms with van der Waals surface area (Å²) >= 11 is 8.38. The molecule has 0 spiro atoms. The molecule has 0 atom stereocenters. The first-order valence-corrected chi connectivity index (χ1v) is 13.4. The molecule has 1 aliphatic heterocycles. The summed E-state index contributed by atoms with van der Waals surface area (Å²) in [5.74, 6) is 1.09. The zero-order chi connectivity index (χ0) is 24.7. The van der Waals surface area contributed by atoms with Crippen LogP contribution in [-0.2, 0) is 11.2 Å². The quantitative estimate of drug-likeness (QED) is 0.317. The normalized spacial score (nSPS) is 15.8. The molecule has 3 heterocycles. The number of carboxylic acids is 1. The van der Waals surface area contributed by atoms with Gasteiger partial charge in [0.2, 0.25) is 0 Å². The van der Waals surface area contributed by atoms with Crippen molar-refractivity contribution in [2.45, 2.75) is 43.4 Å². The average Bonchev–Trinajstić information content (AvgIpc) is 2.86. The molecule has 6 nitrogen and oxygen atoms in total. The van der Waals surface area contributed by atoms with Crippen molar-refractivity contribution in [3.8, 4) is 5.75 Å². The number of nitrogens with zero attached hydrogens (tertiary/aromatic N) is 3. The number of rotatable bonds is 11. The zero-order valence-corrected chi connectivity index (χ0v) is 21.7. The topological polar surface area (TPSA) is 75.6 Å². The van der Waals surface area contributed by atoms with E-state index in [9.17, 15) is 9.90 Å². The monoisotopic (exact) mass is 513 g/mol. The van der Waals surface area contributed by atoms with Crippen molar-refractivity contribution in [2.24, 2.45) is 5.41 Å². The molecule has 4 rings (SSSR count). The molecular weight excluding hydrogens is 482 g/mol. The molecule has 1 saturated heterocycles. The molecule has 3 aromatic rings. The Bertz CT molecular complexity index is 1140. The first kappa shape index (κ1) is 25.7. The molecule has 1 aliphatic rings. The molecular formula is C27H32ClN3O3S. The van der Waals surface area contributed by atoms with Crippen molar-refractivity contribution in [1.82, 2.24) is 14.9 Å². The average molecular weight is 514 g/mol. The molecule has 2 aromatic heterocycles. The number of ether oxygens (including phenoxy) is 1. The number of aryl methyl sites for hydroxylation is 1. The molecule has 1 N–H and O–H groups in total. The fourth-order valence-electron chi connectivity index (χ4n) is 5.04. The van der Waals surface area contributed by atoms with Crippen LogP contribution in [0, 0.1) is 5.41 Å². The van der Waals surface area contributed by atoms with Crippen LogP contribution >= 0.6 is 23.4 Å². The van der Waals surface area contributed by atoms with E-state index in [1.807, 2.05) is 54.5 Å². The molecule has 0 radical (unpaired) electrons. The van der Waals surface area contributed by atoms with Crippen LogP contribution in [0.4, 0.5) is 0 Å². The van der Waals surface area contributed by atoms with E-state index in [-0.39, 0.29) is 11.8 Å². The van der Waals surface area contributed by atoms with Crippen LogP contribution in [-0.4, -0.2) is 58.4 Å². The van der Waals surface area contributed by atoms with Crippen LogP contribution in [0.1, 0.15) is 37.7 Å². The number of pyridine rings is 2. The van der Waals surface area contributed by atoms with Crippen LogP contribution in [0.2, 0.25) is 5.02 Å². The van der Waals surface area contributed by atoms with Gasteiger partial charge in [-0.05, 0) is 86.5 Å². The van der Waals surface area contributed by atoms with E-state index in [2.05, 4.69) is 14.9 Å². The van der Waals surface area contributed by atoms with E-state index >= 15 is 0 Å². The van der Waals surface area contributed by atoms with Gasteiger partial charge in [0.15, 0.2) is 0 Å². The van der Waals surface area contributed by atoms with Crippen LogP contribution in [0.15, 0.2) is 53.8 Å². The molecule has 8 heteroatoms. The lowest BCUT2D eigenvalue weighted by Crippen LogP contribution is -2.42. The summed E-state index contributed by atoms with van der Waals surface area (Å²) in [6, 6.07) is 9.90. The predicted octanol–water partition coefficient (Wildman–Crippen LogP) is 5.96.